The van der Waals surface area contributed by atoms with E-state index in [4.69, 9.17) is 13.9 Å². The molecule has 0 bridgehead atoms. The van der Waals surface area contributed by atoms with Gasteiger partial charge in [0.05, 0.1) is 18.8 Å². The van der Waals surface area contributed by atoms with Crippen molar-refractivity contribution in [2.24, 2.45) is 0 Å². The molecule has 0 spiro atoms. The van der Waals surface area contributed by atoms with Crippen LogP contribution in [0, 0.1) is 0 Å². The Hall–Kier alpha value is -2.66. The lowest BCUT2D eigenvalue weighted by Crippen LogP contribution is -2.44. The highest BCUT2D eigenvalue weighted by molar-refractivity contribution is 7.54. The van der Waals surface area contributed by atoms with E-state index in [0.717, 1.165) is 25.9 Å². The van der Waals surface area contributed by atoms with Crippen LogP contribution in [0.3, 0.4) is 0 Å². The second-order valence-electron chi connectivity index (χ2n) is 9.96. The molecule has 3 aliphatic rings. The number of anilines is 1. The Labute approximate surface area is 227 Å². The molecule has 11 nitrogen and oxygen atoms in total. The number of hydrogen-bond donors (Lipinski definition) is 1. The van der Waals surface area contributed by atoms with Crippen LogP contribution < -0.4 is 5.32 Å². The van der Waals surface area contributed by atoms with E-state index in [1.807, 2.05) is 6.07 Å². The van der Waals surface area contributed by atoms with Gasteiger partial charge < -0.3 is 19.3 Å². The number of hydrogen-bond acceptors (Lipinski definition) is 9. The maximum Gasteiger partial charge on any atom is 0.350 e. The first kappa shape index (κ1) is 27.9. The largest absolute Gasteiger partial charge is 0.350 e. The van der Waals surface area contributed by atoms with Gasteiger partial charge in [-0.2, -0.15) is 5.06 Å². The molecule has 0 aliphatic carbocycles. The number of amides is 3. The predicted octanol–water partition coefficient (Wildman–Crippen LogP) is 3.70. The molecule has 3 amide bonds. The number of carbonyl (C=O) groups is 3. The lowest BCUT2D eigenvalue weighted by Gasteiger charge is -2.29. The van der Waals surface area contributed by atoms with Crippen LogP contribution in [0.25, 0.3) is 10.8 Å². The fourth-order valence-electron chi connectivity index (χ4n) is 5.61. The summed E-state index contributed by atoms with van der Waals surface area (Å²) in [6.07, 6.45) is 1.44. The average molecular weight is 559 g/mol. The summed E-state index contributed by atoms with van der Waals surface area (Å²) in [5, 5.41) is 5.48. The Bertz CT molecular complexity index is 1320. The number of benzene rings is 2. The lowest BCUT2D eigenvalue weighted by molar-refractivity contribution is -0.155. The number of nitrogens with zero attached hydrogens (tertiary/aromatic N) is 3. The second-order valence-corrected chi connectivity index (χ2v) is 12.2. The quantitative estimate of drug-likeness (QED) is 0.344. The van der Waals surface area contributed by atoms with Crippen molar-refractivity contribution in [1.82, 2.24) is 14.9 Å². The molecule has 5 rings (SSSR count). The van der Waals surface area contributed by atoms with E-state index in [1.54, 1.807) is 45.2 Å². The van der Waals surface area contributed by atoms with Crippen LogP contribution in [-0.4, -0.2) is 90.9 Å². The van der Waals surface area contributed by atoms with Crippen molar-refractivity contribution in [3.63, 3.8) is 0 Å². The van der Waals surface area contributed by atoms with Crippen molar-refractivity contribution in [1.29, 1.82) is 0 Å². The first-order valence-electron chi connectivity index (χ1n) is 13.5. The van der Waals surface area contributed by atoms with Crippen LogP contribution in [0.4, 0.5) is 5.69 Å². The van der Waals surface area contributed by atoms with Gasteiger partial charge in [-0.05, 0) is 63.4 Å². The summed E-state index contributed by atoms with van der Waals surface area (Å²) in [4.78, 5) is 49.3. The maximum absolute atomic E-state index is 13.5. The number of likely N-dealkylation sites (tertiary alicyclic amines) is 1. The zero-order valence-electron chi connectivity index (χ0n) is 22.6. The van der Waals surface area contributed by atoms with Gasteiger partial charge in [0, 0.05) is 43.2 Å². The van der Waals surface area contributed by atoms with E-state index in [1.165, 1.54) is 9.96 Å². The van der Waals surface area contributed by atoms with Gasteiger partial charge in [0.1, 0.15) is 5.78 Å². The molecule has 12 heteroatoms. The monoisotopic (exact) mass is 558 g/mol. The van der Waals surface area contributed by atoms with Gasteiger partial charge >= 0.3 is 7.60 Å². The van der Waals surface area contributed by atoms with Crippen molar-refractivity contribution in [3.8, 4) is 0 Å². The molecule has 0 aromatic heterocycles. The third kappa shape index (κ3) is 5.39. The fourth-order valence-corrected chi connectivity index (χ4v) is 7.65. The molecule has 2 saturated heterocycles. The molecule has 2 aromatic rings. The Morgan fingerprint density at radius 1 is 1.05 bits per heavy atom. The summed E-state index contributed by atoms with van der Waals surface area (Å²) in [7, 11) is -1.93. The first-order chi connectivity index (χ1) is 18.8. The van der Waals surface area contributed by atoms with Gasteiger partial charge in [-0.3, -0.25) is 28.7 Å². The molecule has 2 aromatic carbocycles. The van der Waals surface area contributed by atoms with E-state index < -0.39 is 25.4 Å². The fraction of sp³-hybridized carbons (Fsp3) is 0.519. The number of rotatable bonds is 10. The van der Waals surface area contributed by atoms with Crippen LogP contribution in [-0.2, 0) is 23.2 Å². The highest BCUT2D eigenvalue weighted by Gasteiger charge is 2.48. The number of nitrogens with one attached hydrogen (secondary N) is 1. The third-order valence-corrected chi connectivity index (χ3v) is 9.95. The van der Waals surface area contributed by atoms with Crippen LogP contribution >= 0.6 is 7.60 Å². The van der Waals surface area contributed by atoms with E-state index >= 15 is 0 Å². The zero-order valence-corrected chi connectivity index (χ0v) is 23.4. The molecule has 210 valence electrons. The number of imide groups is 1. The average Bonchev–Trinajstić information content (AvgIpc) is 3.57. The molecular weight excluding hydrogens is 523 g/mol. The second kappa shape index (κ2) is 11.4. The van der Waals surface area contributed by atoms with Gasteiger partial charge in [0.2, 0.25) is 0 Å². The number of carbonyl (C=O) groups excluding carboxylic acids is 3. The SMILES string of the molecule is CCOP(=O)(OCC)[C@@H]1C[C@H](C(=O)Nc2cc3c4c(cccc4c2)C(=O)N(CCN2CCCC2)C3=O)ON1C. The minimum atomic E-state index is -3.53. The molecule has 0 saturated carbocycles. The van der Waals surface area contributed by atoms with Crippen molar-refractivity contribution in [2.45, 2.75) is 45.0 Å². The number of hydroxylamine groups is 2. The molecule has 2 fully saturated rings. The summed E-state index contributed by atoms with van der Waals surface area (Å²) >= 11 is 0. The van der Waals surface area contributed by atoms with Gasteiger partial charge in [-0.25, -0.2) is 0 Å². The molecule has 0 radical (unpaired) electrons. The molecule has 3 heterocycles. The van der Waals surface area contributed by atoms with Gasteiger partial charge in [0.25, 0.3) is 17.7 Å². The zero-order chi connectivity index (χ0) is 27.7. The highest BCUT2D eigenvalue weighted by atomic mass is 31.2. The van der Waals surface area contributed by atoms with Gasteiger partial charge in [0.15, 0.2) is 6.10 Å². The summed E-state index contributed by atoms with van der Waals surface area (Å²) < 4.78 is 24.2. The summed E-state index contributed by atoms with van der Waals surface area (Å²) in [6.45, 7) is 6.76. The van der Waals surface area contributed by atoms with Gasteiger partial charge in [-0.1, -0.05) is 12.1 Å². The van der Waals surface area contributed by atoms with Crippen molar-refractivity contribution < 1.29 is 32.8 Å². The molecule has 2 atom stereocenters. The first-order valence-corrected chi connectivity index (χ1v) is 15.1. The Morgan fingerprint density at radius 3 is 2.44 bits per heavy atom. The normalized spacial score (nSPS) is 22.3. The van der Waals surface area contributed by atoms with Crippen LogP contribution in [0.1, 0.15) is 53.8 Å². The van der Waals surface area contributed by atoms with Crippen LogP contribution in [0.2, 0.25) is 0 Å². The van der Waals surface area contributed by atoms with Crippen molar-refractivity contribution in [3.05, 3.63) is 41.5 Å². The standard InChI is InChI=1S/C27H35N4O7P/c1-4-36-39(35,37-5-2)23-17-22(38-29(23)3)25(32)28-19-15-18-9-8-10-20-24(18)21(16-19)27(34)31(26(20)33)14-13-30-11-6-7-12-30/h8-10,15-16,22-23H,4-7,11-14,17H2,1-3H3,(H,28,32)/t22-,23-/m1/s1. The van der Waals surface area contributed by atoms with Gasteiger partial charge in [-0.15, -0.1) is 0 Å². The minimum Gasteiger partial charge on any atom is -0.324 e. The Kier molecular flexibility index (Phi) is 8.19. The lowest BCUT2D eigenvalue weighted by atomic mass is 9.93. The van der Waals surface area contributed by atoms with E-state index in [0.29, 0.717) is 40.7 Å². The molecule has 39 heavy (non-hydrogen) atoms. The van der Waals surface area contributed by atoms with Crippen LogP contribution in [0.15, 0.2) is 30.3 Å². The Balaban J connectivity index is 1.36. The third-order valence-electron chi connectivity index (χ3n) is 7.45. The van der Waals surface area contributed by atoms with Crippen molar-refractivity contribution in [2.75, 3.05) is 51.8 Å². The minimum absolute atomic E-state index is 0.113. The molecule has 3 aliphatic heterocycles. The predicted molar refractivity (Wildman–Crippen MR) is 146 cm³/mol. The maximum atomic E-state index is 13.5. The Morgan fingerprint density at radius 2 is 1.74 bits per heavy atom. The molecule has 1 N–H and O–H groups in total. The highest BCUT2D eigenvalue weighted by Crippen LogP contribution is 2.57. The topological polar surface area (TPSA) is 118 Å². The smallest absolute Gasteiger partial charge is 0.324 e. The summed E-state index contributed by atoms with van der Waals surface area (Å²) in [6, 6.07) is 8.68. The van der Waals surface area contributed by atoms with E-state index in [2.05, 4.69) is 10.2 Å². The van der Waals surface area contributed by atoms with E-state index in [-0.39, 0.29) is 31.4 Å². The molecule has 0 unspecified atom stereocenters. The van der Waals surface area contributed by atoms with E-state index in [9.17, 15) is 18.9 Å². The van der Waals surface area contributed by atoms with Crippen molar-refractivity contribution >= 4 is 41.8 Å². The van der Waals surface area contributed by atoms with Crippen LogP contribution in [0.5, 0.6) is 0 Å². The summed E-state index contributed by atoms with van der Waals surface area (Å²) in [5.74, 6) is -1.84. The summed E-state index contributed by atoms with van der Waals surface area (Å²) in [5.41, 5.74) is 1.26. The molecular formula is C27H35N4O7P.